The monoisotopic (exact) mass is 598 g/mol. The SMILES string of the molecule is [C-]#[N+]c1cc(-c2cccc(-c3ccccn3)n2)cc(-c2nc(-c3ccccc3)nc(-c3ccc4c(c3)C(C)(C)CCC4(C)C)n2)c1. The molecular formula is C40H34N6. The maximum absolute atomic E-state index is 7.89. The quantitative estimate of drug-likeness (QED) is 0.185. The highest BCUT2D eigenvalue weighted by Gasteiger charge is 2.37. The molecule has 0 spiro atoms. The van der Waals surface area contributed by atoms with Crippen molar-refractivity contribution < 1.29 is 0 Å². The van der Waals surface area contributed by atoms with E-state index in [2.05, 4.69) is 55.7 Å². The number of hydrogen-bond donors (Lipinski definition) is 0. The molecule has 6 aromatic rings. The van der Waals surface area contributed by atoms with Crippen LogP contribution in [0.25, 0.3) is 61.7 Å². The van der Waals surface area contributed by atoms with E-state index in [1.165, 1.54) is 11.1 Å². The molecular weight excluding hydrogens is 564 g/mol. The minimum Gasteiger partial charge on any atom is -0.255 e. The van der Waals surface area contributed by atoms with Crippen LogP contribution in [0, 0.1) is 6.57 Å². The van der Waals surface area contributed by atoms with Crippen molar-refractivity contribution >= 4 is 5.69 Å². The lowest BCUT2D eigenvalue weighted by molar-refractivity contribution is 0.332. The third-order valence-electron chi connectivity index (χ3n) is 9.06. The van der Waals surface area contributed by atoms with Crippen LogP contribution in [0.5, 0.6) is 0 Å². The summed E-state index contributed by atoms with van der Waals surface area (Å²) in [7, 11) is 0. The lowest BCUT2D eigenvalue weighted by Gasteiger charge is -2.42. The summed E-state index contributed by atoms with van der Waals surface area (Å²) in [4.78, 5) is 28.2. The molecule has 224 valence electrons. The maximum atomic E-state index is 7.89. The number of rotatable bonds is 5. The second-order valence-corrected chi connectivity index (χ2v) is 13.2. The first-order valence-corrected chi connectivity index (χ1v) is 15.6. The molecule has 6 heteroatoms. The van der Waals surface area contributed by atoms with E-state index in [4.69, 9.17) is 26.5 Å². The van der Waals surface area contributed by atoms with Gasteiger partial charge in [-0.05, 0) is 88.9 Å². The third kappa shape index (κ3) is 5.57. The van der Waals surface area contributed by atoms with E-state index in [1.54, 1.807) is 6.20 Å². The third-order valence-corrected chi connectivity index (χ3v) is 9.06. The van der Waals surface area contributed by atoms with Crippen LogP contribution in [0.15, 0.2) is 109 Å². The standard InChI is InChI=1S/C40H34N6/c1-39(2)19-20-40(3,4)32-25-27(17-18-31(32)39)37-44-36(26-12-7-6-8-13-26)45-38(46-37)29-22-28(23-30(24-29)41-5)33-15-11-16-35(43-33)34-14-9-10-21-42-34/h6-18,21-25H,19-20H2,1-4H3. The summed E-state index contributed by atoms with van der Waals surface area (Å²) in [6.07, 6.45) is 4.03. The Balaban J connectivity index is 1.39. The first-order valence-electron chi connectivity index (χ1n) is 15.6. The average molecular weight is 599 g/mol. The number of hydrogen-bond acceptors (Lipinski definition) is 5. The Bertz CT molecular complexity index is 2110. The van der Waals surface area contributed by atoms with Crippen molar-refractivity contribution in [3.8, 4) is 56.8 Å². The van der Waals surface area contributed by atoms with Gasteiger partial charge >= 0.3 is 0 Å². The number of nitrogens with zero attached hydrogens (tertiary/aromatic N) is 6. The molecule has 0 bridgehead atoms. The van der Waals surface area contributed by atoms with E-state index in [1.807, 2.05) is 84.9 Å². The topological polar surface area (TPSA) is 68.8 Å². The summed E-state index contributed by atoms with van der Waals surface area (Å²) in [6.45, 7) is 17.2. The van der Waals surface area contributed by atoms with Gasteiger partial charge in [-0.25, -0.2) is 24.8 Å². The molecule has 7 rings (SSSR count). The zero-order chi connectivity index (χ0) is 31.9. The Kier molecular flexibility index (Phi) is 7.25. The Labute approximate surface area is 270 Å². The van der Waals surface area contributed by atoms with Gasteiger partial charge in [0.2, 0.25) is 0 Å². The molecule has 0 aliphatic heterocycles. The van der Waals surface area contributed by atoms with Crippen LogP contribution in [0.2, 0.25) is 0 Å². The van der Waals surface area contributed by atoms with Crippen LogP contribution >= 0.6 is 0 Å². The van der Waals surface area contributed by atoms with E-state index >= 15 is 0 Å². The number of fused-ring (bicyclic) bond motifs is 1. The lowest BCUT2D eigenvalue weighted by Crippen LogP contribution is -2.33. The minimum absolute atomic E-state index is 0.0503. The number of aromatic nitrogens is 5. The van der Waals surface area contributed by atoms with Crippen LogP contribution in [0.1, 0.15) is 51.7 Å². The highest BCUT2D eigenvalue weighted by molar-refractivity contribution is 5.77. The summed E-state index contributed by atoms with van der Waals surface area (Å²) in [6, 6.07) is 34.0. The van der Waals surface area contributed by atoms with Gasteiger partial charge in [0.05, 0.1) is 23.7 Å². The molecule has 0 fully saturated rings. The van der Waals surface area contributed by atoms with Crippen molar-refractivity contribution in [3.63, 3.8) is 0 Å². The second kappa shape index (κ2) is 11.4. The minimum atomic E-state index is 0.0503. The Morgan fingerprint density at radius 2 is 1.15 bits per heavy atom. The smallest absolute Gasteiger partial charge is 0.188 e. The van der Waals surface area contributed by atoms with Gasteiger partial charge in [-0.1, -0.05) is 82.3 Å². The predicted octanol–water partition coefficient (Wildman–Crippen LogP) is 9.90. The summed E-state index contributed by atoms with van der Waals surface area (Å²) in [5.74, 6) is 1.70. The normalized spacial score (nSPS) is 14.7. The molecule has 3 aromatic carbocycles. The first-order chi connectivity index (χ1) is 22.2. The van der Waals surface area contributed by atoms with Crippen LogP contribution in [-0.4, -0.2) is 24.9 Å². The molecule has 0 unspecified atom stereocenters. The molecule has 3 aromatic heterocycles. The van der Waals surface area contributed by atoms with Gasteiger partial charge in [0.1, 0.15) is 0 Å². The molecule has 0 N–H and O–H groups in total. The van der Waals surface area contributed by atoms with Crippen LogP contribution in [0.4, 0.5) is 5.69 Å². The van der Waals surface area contributed by atoms with Crippen molar-refractivity contribution in [3.05, 3.63) is 132 Å². The van der Waals surface area contributed by atoms with Gasteiger partial charge in [0.25, 0.3) is 0 Å². The fraction of sp³-hybridized carbons (Fsp3) is 0.200. The Morgan fingerprint density at radius 3 is 1.87 bits per heavy atom. The zero-order valence-electron chi connectivity index (χ0n) is 26.5. The van der Waals surface area contributed by atoms with Crippen LogP contribution in [-0.2, 0) is 10.8 Å². The van der Waals surface area contributed by atoms with E-state index in [0.717, 1.165) is 52.2 Å². The van der Waals surface area contributed by atoms with Gasteiger partial charge in [-0.2, -0.15) is 0 Å². The summed E-state index contributed by atoms with van der Waals surface area (Å²) in [5.41, 5.74) is 9.07. The highest BCUT2D eigenvalue weighted by atomic mass is 15.0. The predicted molar refractivity (Wildman–Crippen MR) is 184 cm³/mol. The maximum Gasteiger partial charge on any atom is 0.188 e. The molecule has 0 saturated carbocycles. The van der Waals surface area contributed by atoms with Gasteiger partial charge < -0.3 is 0 Å². The molecule has 0 atom stereocenters. The lowest BCUT2D eigenvalue weighted by atomic mass is 9.63. The van der Waals surface area contributed by atoms with Crippen LogP contribution in [0.3, 0.4) is 0 Å². The first kappa shape index (κ1) is 29.2. The van der Waals surface area contributed by atoms with Gasteiger partial charge in [-0.15, -0.1) is 0 Å². The largest absolute Gasteiger partial charge is 0.255 e. The molecule has 3 heterocycles. The van der Waals surface area contributed by atoms with Crippen molar-refractivity contribution in [1.29, 1.82) is 0 Å². The summed E-state index contributed by atoms with van der Waals surface area (Å²) >= 11 is 0. The molecule has 1 aliphatic rings. The van der Waals surface area contributed by atoms with E-state index < -0.39 is 0 Å². The summed E-state index contributed by atoms with van der Waals surface area (Å²) < 4.78 is 0. The van der Waals surface area contributed by atoms with Gasteiger partial charge in [0, 0.05) is 22.9 Å². The van der Waals surface area contributed by atoms with Crippen molar-refractivity contribution in [2.45, 2.75) is 51.4 Å². The second-order valence-electron chi connectivity index (χ2n) is 13.2. The zero-order valence-corrected chi connectivity index (χ0v) is 26.5. The van der Waals surface area contributed by atoms with Crippen molar-refractivity contribution in [1.82, 2.24) is 24.9 Å². The van der Waals surface area contributed by atoms with Crippen molar-refractivity contribution in [2.24, 2.45) is 0 Å². The average Bonchev–Trinajstić information content (AvgIpc) is 3.10. The Hall–Kier alpha value is -5.54. The van der Waals surface area contributed by atoms with E-state index in [9.17, 15) is 0 Å². The Morgan fingerprint density at radius 1 is 0.522 bits per heavy atom. The van der Waals surface area contributed by atoms with Gasteiger partial charge in [-0.3, -0.25) is 4.98 Å². The van der Waals surface area contributed by atoms with Gasteiger partial charge in [0.15, 0.2) is 23.2 Å². The fourth-order valence-corrected chi connectivity index (χ4v) is 6.28. The molecule has 0 amide bonds. The van der Waals surface area contributed by atoms with Crippen molar-refractivity contribution in [2.75, 3.05) is 0 Å². The molecule has 1 aliphatic carbocycles. The highest BCUT2D eigenvalue weighted by Crippen LogP contribution is 2.46. The molecule has 0 saturated heterocycles. The van der Waals surface area contributed by atoms with E-state index in [-0.39, 0.29) is 10.8 Å². The number of benzene rings is 3. The summed E-state index contributed by atoms with van der Waals surface area (Å²) in [5, 5.41) is 0. The molecule has 6 nitrogen and oxygen atoms in total. The molecule has 46 heavy (non-hydrogen) atoms. The fourth-order valence-electron chi connectivity index (χ4n) is 6.28. The van der Waals surface area contributed by atoms with Crippen LogP contribution < -0.4 is 0 Å². The molecule has 0 radical (unpaired) electrons. The van der Waals surface area contributed by atoms with E-state index in [0.29, 0.717) is 23.2 Å². The number of pyridine rings is 2.